The van der Waals surface area contributed by atoms with Gasteiger partial charge in [-0.3, -0.25) is 4.79 Å². The maximum absolute atomic E-state index is 12.1. The molecule has 0 saturated heterocycles. The van der Waals surface area contributed by atoms with Gasteiger partial charge in [0.25, 0.3) is 5.91 Å². The van der Waals surface area contributed by atoms with Crippen LogP contribution in [0.15, 0.2) is 42.5 Å². The Bertz CT molecular complexity index is 799. The number of hydrogen-bond donors (Lipinski definition) is 3. The summed E-state index contributed by atoms with van der Waals surface area (Å²) < 4.78 is 0. The number of hydrogen-bond acceptors (Lipinski definition) is 3. The number of nitrogens with one attached hydrogen (secondary N) is 1. The molecule has 0 unspecified atom stereocenters. The molecular formula is C17H11NO5. The van der Waals surface area contributed by atoms with Crippen LogP contribution >= 0.6 is 0 Å². The minimum atomic E-state index is -1.29. The van der Waals surface area contributed by atoms with Gasteiger partial charge >= 0.3 is 11.9 Å². The molecule has 0 aromatic heterocycles. The molecule has 23 heavy (non-hydrogen) atoms. The third kappa shape index (κ3) is 3.74. The zero-order valence-electron chi connectivity index (χ0n) is 11.7. The highest BCUT2D eigenvalue weighted by Gasteiger charge is 2.13. The van der Waals surface area contributed by atoms with Crippen molar-refractivity contribution in [3.05, 3.63) is 64.7 Å². The third-order valence-electron chi connectivity index (χ3n) is 3.00. The Morgan fingerprint density at radius 2 is 1.39 bits per heavy atom. The molecule has 0 aliphatic carbocycles. The van der Waals surface area contributed by atoms with Crippen LogP contribution in [0.5, 0.6) is 0 Å². The zero-order valence-corrected chi connectivity index (χ0v) is 11.7. The van der Waals surface area contributed by atoms with Gasteiger partial charge in [-0.1, -0.05) is 5.92 Å². The number of anilines is 1. The van der Waals surface area contributed by atoms with Crippen molar-refractivity contribution in [2.24, 2.45) is 0 Å². The standard InChI is InChI=1S/C17H11NO5/c1-2-10-3-5-11(6-4-10)15(19)18-14-8-12(16(20)21)7-13(9-14)17(22)23/h1,3-9H,(H,18,19)(H,20,21)(H,22,23). The van der Waals surface area contributed by atoms with Crippen molar-refractivity contribution in [3.63, 3.8) is 0 Å². The van der Waals surface area contributed by atoms with Crippen molar-refractivity contribution >= 4 is 23.5 Å². The Kier molecular flexibility index (Phi) is 4.43. The molecule has 2 aromatic rings. The fraction of sp³-hybridized carbons (Fsp3) is 0. The number of benzene rings is 2. The summed E-state index contributed by atoms with van der Waals surface area (Å²) in [6.07, 6.45) is 5.23. The molecular weight excluding hydrogens is 298 g/mol. The largest absolute Gasteiger partial charge is 0.478 e. The number of amides is 1. The van der Waals surface area contributed by atoms with Crippen molar-refractivity contribution in [2.75, 3.05) is 5.32 Å². The summed E-state index contributed by atoms with van der Waals surface area (Å²) in [4.78, 5) is 34.2. The van der Waals surface area contributed by atoms with E-state index in [4.69, 9.17) is 16.6 Å². The Morgan fingerprint density at radius 1 is 0.870 bits per heavy atom. The van der Waals surface area contributed by atoms with Gasteiger partial charge in [0.15, 0.2) is 0 Å². The van der Waals surface area contributed by atoms with Crippen LogP contribution < -0.4 is 5.32 Å². The van der Waals surface area contributed by atoms with Crippen LogP contribution in [0.3, 0.4) is 0 Å². The smallest absolute Gasteiger partial charge is 0.335 e. The topological polar surface area (TPSA) is 104 Å². The number of terminal acetylenes is 1. The summed E-state index contributed by atoms with van der Waals surface area (Å²) in [6.45, 7) is 0. The first-order chi connectivity index (χ1) is 10.9. The second kappa shape index (κ2) is 6.45. The molecule has 2 rings (SSSR count). The van der Waals surface area contributed by atoms with E-state index in [1.54, 1.807) is 12.1 Å². The molecule has 0 saturated carbocycles. The molecule has 0 spiro atoms. The van der Waals surface area contributed by atoms with E-state index in [9.17, 15) is 14.4 Å². The molecule has 3 N–H and O–H groups in total. The number of carbonyl (C=O) groups excluding carboxylic acids is 1. The van der Waals surface area contributed by atoms with E-state index in [0.717, 1.165) is 6.07 Å². The first-order valence-corrected chi connectivity index (χ1v) is 6.40. The molecule has 6 heteroatoms. The van der Waals surface area contributed by atoms with Crippen LogP contribution in [-0.2, 0) is 0 Å². The summed E-state index contributed by atoms with van der Waals surface area (Å²) >= 11 is 0. The Morgan fingerprint density at radius 3 is 1.83 bits per heavy atom. The molecule has 1 amide bonds. The molecule has 6 nitrogen and oxygen atoms in total. The minimum absolute atomic E-state index is 0.0772. The fourth-order valence-corrected chi connectivity index (χ4v) is 1.87. The molecule has 0 bridgehead atoms. The van der Waals surface area contributed by atoms with Gasteiger partial charge in [-0.25, -0.2) is 9.59 Å². The van der Waals surface area contributed by atoms with Crippen molar-refractivity contribution in [2.45, 2.75) is 0 Å². The van der Waals surface area contributed by atoms with Crippen LogP contribution in [0.4, 0.5) is 5.69 Å². The van der Waals surface area contributed by atoms with E-state index >= 15 is 0 Å². The number of rotatable bonds is 4. The van der Waals surface area contributed by atoms with Crippen molar-refractivity contribution < 1.29 is 24.6 Å². The van der Waals surface area contributed by atoms with E-state index in [2.05, 4.69) is 11.2 Å². The molecule has 0 aliphatic heterocycles. The summed E-state index contributed by atoms with van der Waals surface area (Å²) in [5.74, 6) is -0.666. The van der Waals surface area contributed by atoms with Gasteiger partial charge < -0.3 is 15.5 Å². The highest BCUT2D eigenvalue weighted by molar-refractivity contribution is 6.05. The molecule has 0 aliphatic rings. The van der Waals surface area contributed by atoms with E-state index in [-0.39, 0.29) is 16.8 Å². The average Bonchev–Trinajstić information content (AvgIpc) is 2.54. The normalized spacial score (nSPS) is 9.70. The lowest BCUT2D eigenvalue weighted by molar-refractivity contribution is 0.0696. The minimum Gasteiger partial charge on any atom is -0.478 e. The van der Waals surface area contributed by atoms with E-state index in [0.29, 0.717) is 11.1 Å². The van der Waals surface area contributed by atoms with Gasteiger partial charge in [-0.05, 0) is 42.5 Å². The Hall–Kier alpha value is -3.59. The summed E-state index contributed by atoms with van der Waals surface area (Å²) in [5.41, 5.74) is 0.531. The van der Waals surface area contributed by atoms with E-state index in [1.807, 2.05) is 0 Å². The fourth-order valence-electron chi connectivity index (χ4n) is 1.87. The quantitative estimate of drug-likeness (QED) is 0.752. The second-order valence-corrected chi connectivity index (χ2v) is 4.59. The van der Waals surface area contributed by atoms with E-state index < -0.39 is 17.8 Å². The SMILES string of the molecule is C#Cc1ccc(C(=O)Nc2cc(C(=O)O)cc(C(=O)O)c2)cc1. The van der Waals surface area contributed by atoms with Gasteiger partial charge in [0, 0.05) is 16.8 Å². The van der Waals surface area contributed by atoms with Crippen LogP contribution in [0, 0.1) is 12.3 Å². The highest BCUT2D eigenvalue weighted by atomic mass is 16.4. The molecule has 0 fully saturated rings. The number of carboxylic acids is 2. The molecule has 0 heterocycles. The van der Waals surface area contributed by atoms with Crippen LogP contribution in [0.1, 0.15) is 36.6 Å². The molecule has 114 valence electrons. The van der Waals surface area contributed by atoms with Gasteiger partial charge in [0.05, 0.1) is 11.1 Å². The lowest BCUT2D eigenvalue weighted by atomic mass is 10.1. The van der Waals surface area contributed by atoms with Crippen molar-refractivity contribution in [1.29, 1.82) is 0 Å². The van der Waals surface area contributed by atoms with Crippen LogP contribution in [0.25, 0.3) is 0 Å². The number of aromatic carboxylic acids is 2. The van der Waals surface area contributed by atoms with Crippen molar-refractivity contribution in [3.8, 4) is 12.3 Å². The van der Waals surface area contributed by atoms with Gasteiger partial charge in [-0.15, -0.1) is 6.42 Å². The highest BCUT2D eigenvalue weighted by Crippen LogP contribution is 2.17. The Labute approximate surface area is 131 Å². The lowest BCUT2D eigenvalue weighted by Crippen LogP contribution is -2.13. The molecule has 2 aromatic carbocycles. The summed E-state index contributed by atoms with van der Waals surface area (Å²) in [6, 6.07) is 9.59. The zero-order chi connectivity index (χ0) is 17.0. The first kappa shape index (κ1) is 15.8. The predicted molar refractivity (Wildman–Crippen MR) is 82.7 cm³/mol. The van der Waals surface area contributed by atoms with Gasteiger partial charge in [0.2, 0.25) is 0 Å². The summed E-state index contributed by atoms with van der Waals surface area (Å²) in [5, 5.41) is 20.5. The average molecular weight is 309 g/mol. The third-order valence-corrected chi connectivity index (χ3v) is 3.00. The first-order valence-electron chi connectivity index (χ1n) is 6.40. The number of carboxylic acid groups (broad SMARTS) is 2. The second-order valence-electron chi connectivity index (χ2n) is 4.59. The van der Waals surface area contributed by atoms with E-state index in [1.165, 1.54) is 24.3 Å². The number of carbonyl (C=O) groups is 3. The van der Waals surface area contributed by atoms with Crippen LogP contribution in [-0.4, -0.2) is 28.1 Å². The lowest BCUT2D eigenvalue weighted by Gasteiger charge is -2.08. The predicted octanol–water partition coefficient (Wildman–Crippen LogP) is 2.32. The summed E-state index contributed by atoms with van der Waals surface area (Å²) in [7, 11) is 0. The monoisotopic (exact) mass is 309 g/mol. The van der Waals surface area contributed by atoms with Crippen LogP contribution in [0.2, 0.25) is 0 Å². The maximum Gasteiger partial charge on any atom is 0.335 e. The molecule has 0 radical (unpaired) electrons. The Balaban J connectivity index is 2.31. The molecule has 0 atom stereocenters. The maximum atomic E-state index is 12.1. The van der Waals surface area contributed by atoms with Gasteiger partial charge in [0.1, 0.15) is 0 Å². The van der Waals surface area contributed by atoms with Crippen molar-refractivity contribution in [1.82, 2.24) is 0 Å². The van der Waals surface area contributed by atoms with Gasteiger partial charge in [-0.2, -0.15) is 0 Å².